The van der Waals surface area contributed by atoms with E-state index in [4.69, 9.17) is 15.0 Å². The van der Waals surface area contributed by atoms with Crippen molar-refractivity contribution >= 4 is 57.3 Å². The number of fused-ring (bicyclic) bond motifs is 5. The average Bonchev–Trinajstić information content (AvgIpc) is 3.57. The highest BCUT2D eigenvalue weighted by molar-refractivity contribution is 7.02. The van der Waals surface area contributed by atoms with Gasteiger partial charge in [-0.25, -0.2) is 15.0 Å². The molecule has 0 amide bonds. The Labute approximate surface area is 320 Å². The van der Waals surface area contributed by atoms with Crippen LogP contribution in [0.25, 0.3) is 61.7 Å². The van der Waals surface area contributed by atoms with Gasteiger partial charge in [0.2, 0.25) is 0 Å². The van der Waals surface area contributed by atoms with E-state index in [1.807, 2.05) is 78.9 Å². The normalized spacial score (nSPS) is 13.0. The van der Waals surface area contributed by atoms with E-state index in [0.29, 0.717) is 23.0 Å². The summed E-state index contributed by atoms with van der Waals surface area (Å²) in [5.41, 5.74) is 9.61. The summed E-state index contributed by atoms with van der Waals surface area (Å²) in [6.45, 7) is 4.90. The molecular weight excluding hydrogens is 689 g/mol. The average molecular weight is 723 g/mol. The molecule has 0 N–H and O–H groups in total. The Hall–Kier alpha value is -7.14. The van der Waals surface area contributed by atoms with Gasteiger partial charge >= 0.3 is 0 Å². The van der Waals surface area contributed by atoms with Crippen molar-refractivity contribution in [3.8, 4) is 45.9 Å². The zero-order valence-corrected chi connectivity index (χ0v) is 31.3. The number of anilines is 3. The summed E-state index contributed by atoms with van der Waals surface area (Å²) in [5.74, 6) is 1.67. The van der Waals surface area contributed by atoms with Gasteiger partial charge in [0.25, 0.3) is 0 Å². The van der Waals surface area contributed by atoms with E-state index >= 15 is 0 Å². The summed E-state index contributed by atoms with van der Waals surface area (Å²) in [6.07, 6.45) is 0. The van der Waals surface area contributed by atoms with E-state index in [2.05, 4.69) is 120 Å². The Balaban J connectivity index is 1.19. The summed E-state index contributed by atoms with van der Waals surface area (Å²) in [4.78, 5) is 17.2. The molecule has 0 bridgehead atoms. The first kappa shape index (κ1) is 32.5. The van der Waals surface area contributed by atoms with Crippen LogP contribution in [0.2, 0.25) is 13.1 Å². The van der Waals surface area contributed by atoms with E-state index in [9.17, 15) is 5.26 Å². The predicted molar refractivity (Wildman–Crippen MR) is 227 cm³/mol. The topological polar surface area (TPSA) is 70.6 Å². The SMILES string of the molecule is C[Si]1(C)c2ccccc2N(c2ccccc2)c2cc3c4ccccc4n(-c4ccc(-c5nc(-c6ccccc6)nc(-c6ccccc6)n5)cc4C#N)c3cc21. The molecule has 7 heteroatoms. The molecule has 10 rings (SSSR count). The van der Waals surface area contributed by atoms with Gasteiger partial charge in [0, 0.05) is 44.5 Å². The van der Waals surface area contributed by atoms with Gasteiger partial charge in [-0.05, 0) is 65.0 Å². The van der Waals surface area contributed by atoms with Gasteiger partial charge in [0.05, 0.1) is 22.3 Å². The van der Waals surface area contributed by atoms with E-state index in [1.165, 1.54) is 21.7 Å². The Morgan fingerprint density at radius 1 is 0.473 bits per heavy atom. The van der Waals surface area contributed by atoms with Gasteiger partial charge in [-0.3, -0.25) is 0 Å². The van der Waals surface area contributed by atoms with E-state index in [0.717, 1.165) is 49.9 Å². The van der Waals surface area contributed by atoms with E-state index in [1.54, 1.807) is 0 Å². The van der Waals surface area contributed by atoms with Crippen LogP contribution in [0.15, 0.2) is 170 Å². The number of hydrogen-bond donors (Lipinski definition) is 0. The van der Waals surface area contributed by atoms with Crippen LogP contribution in [-0.4, -0.2) is 27.6 Å². The second-order valence-corrected chi connectivity index (χ2v) is 18.8. The van der Waals surface area contributed by atoms with Crippen molar-refractivity contribution in [2.24, 2.45) is 0 Å². The second kappa shape index (κ2) is 12.8. The first-order valence-electron chi connectivity index (χ1n) is 18.4. The molecule has 260 valence electrons. The van der Waals surface area contributed by atoms with Crippen LogP contribution in [0.4, 0.5) is 17.1 Å². The molecule has 6 nitrogen and oxygen atoms in total. The molecule has 9 aromatic rings. The molecule has 7 aromatic carbocycles. The third-order valence-corrected chi connectivity index (χ3v) is 14.4. The van der Waals surface area contributed by atoms with Crippen LogP contribution in [0.3, 0.4) is 0 Å². The second-order valence-electron chi connectivity index (χ2n) is 14.4. The lowest BCUT2D eigenvalue weighted by Crippen LogP contribution is -2.58. The van der Waals surface area contributed by atoms with Gasteiger partial charge in [-0.15, -0.1) is 0 Å². The molecular formula is C48H34N6Si. The maximum atomic E-state index is 10.8. The minimum Gasteiger partial charge on any atom is -0.311 e. The third-order valence-electron chi connectivity index (χ3n) is 10.9. The van der Waals surface area contributed by atoms with Crippen molar-refractivity contribution in [1.82, 2.24) is 19.5 Å². The Bertz CT molecular complexity index is 2910. The molecule has 0 saturated heterocycles. The first-order valence-corrected chi connectivity index (χ1v) is 21.4. The number of hydrogen-bond acceptors (Lipinski definition) is 5. The Kier molecular flexibility index (Phi) is 7.54. The number of aromatic nitrogens is 4. The van der Waals surface area contributed by atoms with E-state index in [-0.39, 0.29) is 0 Å². The largest absolute Gasteiger partial charge is 0.311 e. The summed E-state index contributed by atoms with van der Waals surface area (Å²) in [5, 5.41) is 15.9. The van der Waals surface area contributed by atoms with Gasteiger partial charge < -0.3 is 9.47 Å². The third kappa shape index (κ3) is 5.26. The molecule has 1 aliphatic heterocycles. The number of rotatable bonds is 5. The van der Waals surface area contributed by atoms with Crippen LogP contribution in [0.5, 0.6) is 0 Å². The van der Waals surface area contributed by atoms with Crippen molar-refractivity contribution in [3.05, 3.63) is 175 Å². The lowest BCUT2D eigenvalue weighted by atomic mass is 10.1. The highest BCUT2D eigenvalue weighted by atomic mass is 28.3. The fourth-order valence-corrected chi connectivity index (χ4v) is 11.1. The molecule has 0 aliphatic carbocycles. The van der Waals surface area contributed by atoms with Gasteiger partial charge in [0.15, 0.2) is 17.5 Å². The van der Waals surface area contributed by atoms with Crippen molar-refractivity contribution in [2.75, 3.05) is 4.90 Å². The monoisotopic (exact) mass is 722 g/mol. The minimum absolute atomic E-state index is 0.513. The molecule has 0 radical (unpaired) electrons. The molecule has 3 heterocycles. The first-order chi connectivity index (χ1) is 27.0. The Morgan fingerprint density at radius 3 is 1.73 bits per heavy atom. The smallest absolute Gasteiger partial charge is 0.164 e. The quantitative estimate of drug-likeness (QED) is 0.165. The van der Waals surface area contributed by atoms with Crippen LogP contribution < -0.4 is 15.3 Å². The number of nitrogens with zero attached hydrogens (tertiary/aromatic N) is 6. The van der Waals surface area contributed by atoms with Crippen LogP contribution in [-0.2, 0) is 0 Å². The molecule has 0 saturated carbocycles. The molecule has 0 spiro atoms. The molecule has 55 heavy (non-hydrogen) atoms. The number of para-hydroxylation sites is 3. The minimum atomic E-state index is -2.18. The van der Waals surface area contributed by atoms with Crippen LogP contribution in [0.1, 0.15) is 5.56 Å². The summed E-state index contributed by atoms with van der Waals surface area (Å²) < 4.78 is 2.27. The van der Waals surface area contributed by atoms with E-state index < -0.39 is 8.07 Å². The van der Waals surface area contributed by atoms with Gasteiger partial charge in [-0.2, -0.15) is 5.26 Å². The number of nitriles is 1. The van der Waals surface area contributed by atoms with Gasteiger partial charge in [0.1, 0.15) is 14.1 Å². The van der Waals surface area contributed by atoms with Crippen LogP contribution in [0, 0.1) is 11.3 Å². The lowest BCUT2D eigenvalue weighted by Gasteiger charge is -2.41. The molecule has 0 atom stereocenters. The zero-order chi connectivity index (χ0) is 37.1. The molecule has 0 unspecified atom stereocenters. The van der Waals surface area contributed by atoms with Crippen molar-refractivity contribution in [1.29, 1.82) is 5.26 Å². The molecule has 2 aromatic heterocycles. The highest BCUT2D eigenvalue weighted by Gasteiger charge is 2.39. The van der Waals surface area contributed by atoms with Crippen molar-refractivity contribution in [3.63, 3.8) is 0 Å². The fourth-order valence-electron chi connectivity index (χ4n) is 8.17. The van der Waals surface area contributed by atoms with Crippen molar-refractivity contribution in [2.45, 2.75) is 13.1 Å². The summed E-state index contributed by atoms with van der Waals surface area (Å²) in [6, 6.07) is 61.2. The Morgan fingerprint density at radius 2 is 1.05 bits per heavy atom. The summed E-state index contributed by atoms with van der Waals surface area (Å²) in [7, 11) is -2.18. The maximum Gasteiger partial charge on any atom is 0.164 e. The highest BCUT2D eigenvalue weighted by Crippen LogP contribution is 2.42. The van der Waals surface area contributed by atoms with Crippen molar-refractivity contribution < 1.29 is 0 Å². The fraction of sp³-hybridized carbons (Fsp3) is 0.0417. The standard InChI is InChI=1S/C48H34N6Si/c1-55(2)44-25-15-14-24-41(44)53(36-20-10-5-11-21-36)43-29-38-37-22-12-13-23-40(37)54(42(38)30-45(43)55)39-27-26-34(28-35(39)31-49)48-51-46(32-16-6-3-7-17-32)50-47(52-48)33-18-8-4-9-19-33/h3-30H,1-2H3. The van der Waals surface area contributed by atoms with Crippen LogP contribution >= 0.6 is 0 Å². The molecule has 1 aliphatic rings. The number of benzene rings is 7. The van der Waals surface area contributed by atoms with Gasteiger partial charge in [-0.1, -0.05) is 128 Å². The maximum absolute atomic E-state index is 10.8. The lowest BCUT2D eigenvalue weighted by molar-refractivity contribution is 1.07. The zero-order valence-electron chi connectivity index (χ0n) is 30.3. The predicted octanol–water partition coefficient (Wildman–Crippen LogP) is 10.4. The molecule has 0 fully saturated rings. The summed E-state index contributed by atoms with van der Waals surface area (Å²) >= 11 is 0.